The van der Waals surface area contributed by atoms with Crippen molar-refractivity contribution >= 4 is 33.7 Å². The molecule has 6 nitrogen and oxygen atoms in total. The van der Waals surface area contributed by atoms with Crippen molar-refractivity contribution in [3.8, 4) is 0 Å². The summed E-state index contributed by atoms with van der Waals surface area (Å²) in [4.78, 5) is 26.9. The number of carbonyl (C=O) groups is 2. The first-order chi connectivity index (χ1) is 10.0. The van der Waals surface area contributed by atoms with E-state index in [2.05, 4.69) is 5.32 Å². The fourth-order valence-electron chi connectivity index (χ4n) is 2.64. The summed E-state index contributed by atoms with van der Waals surface area (Å²) in [6.07, 6.45) is 2.08. The maximum atomic E-state index is 12.3. The highest BCUT2D eigenvalue weighted by molar-refractivity contribution is 7.19. The Morgan fingerprint density at radius 1 is 1.38 bits per heavy atom. The number of amides is 1. The van der Waals surface area contributed by atoms with Crippen LogP contribution in [0.1, 0.15) is 39.3 Å². The van der Waals surface area contributed by atoms with Gasteiger partial charge in [-0.3, -0.25) is 9.59 Å². The van der Waals surface area contributed by atoms with Crippen molar-refractivity contribution in [1.29, 1.82) is 0 Å². The number of nitrogen functional groups attached to an aromatic ring is 1. The summed E-state index contributed by atoms with van der Waals surface area (Å²) in [5, 5.41) is 13.0. The smallest absolute Gasteiger partial charge is 0.256 e. The molecule has 1 aliphatic heterocycles. The Labute approximate surface area is 126 Å². The molecule has 1 amide bonds. The van der Waals surface area contributed by atoms with E-state index in [-0.39, 0.29) is 23.3 Å². The van der Waals surface area contributed by atoms with Gasteiger partial charge in [-0.15, -0.1) is 11.3 Å². The van der Waals surface area contributed by atoms with Gasteiger partial charge in [-0.2, -0.15) is 0 Å². The molecule has 7 heteroatoms. The van der Waals surface area contributed by atoms with Crippen LogP contribution in [-0.4, -0.2) is 43.0 Å². The molecule has 3 rings (SSSR count). The average Bonchev–Trinajstić information content (AvgIpc) is 3.15. The minimum absolute atomic E-state index is 0.0497. The van der Waals surface area contributed by atoms with Crippen molar-refractivity contribution in [2.75, 3.05) is 30.8 Å². The third-order valence-electron chi connectivity index (χ3n) is 4.00. The van der Waals surface area contributed by atoms with E-state index in [0.717, 1.165) is 12.8 Å². The summed E-state index contributed by atoms with van der Waals surface area (Å²) < 4.78 is 0. The van der Waals surface area contributed by atoms with Gasteiger partial charge in [-0.1, -0.05) is 0 Å². The third-order valence-corrected chi connectivity index (χ3v) is 5.28. The van der Waals surface area contributed by atoms with Gasteiger partial charge in [-0.05, 0) is 19.3 Å². The number of nitrogens with two attached hydrogens (primary N) is 1. The summed E-state index contributed by atoms with van der Waals surface area (Å²) >= 11 is 1.28. The lowest BCUT2D eigenvalue weighted by atomic mass is 10.1. The molecule has 1 aromatic rings. The summed E-state index contributed by atoms with van der Waals surface area (Å²) in [5.74, 6) is -0.163. The molecule has 21 heavy (non-hydrogen) atoms. The van der Waals surface area contributed by atoms with Gasteiger partial charge in [0.05, 0.1) is 22.2 Å². The van der Waals surface area contributed by atoms with E-state index in [0.29, 0.717) is 35.0 Å². The molecule has 114 valence electrons. The Morgan fingerprint density at radius 3 is 2.62 bits per heavy atom. The molecule has 2 aliphatic rings. The first-order valence-corrected chi connectivity index (χ1v) is 7.96. The van der Waals surface area contributed by atoms with Crippen molar-refractivity contribution in [3.05, 3.63) is 10.4 Å². The number of hydrogen-bond acceptors (Lipinski definition) is 6. The lowest BCUT2D eigenvalue weighted by molar-refractivity contribution is 0.0963. The second-order valence-corrected chi connectivity index (χ2v) is 6.63. The van der Waals surface area contributed by atoms with E-state index < -0.39 is 6.10 Å². The normalized spacial score (nSPS) is 21.6. The number of hydrogen-bond donors (Lipinski definition) is 3. The van der Waals surface area contributed by atoms with E-state index in [4.69, 9.17) is 5.73 Å². The first-order valence-electron chi connectivity index (χ1n) is 7.14. The SMILES string of the molecule is CNC(=O)c1c(N2CCC(O)C2)sc(C(=O)C2CC2)c1N. The van der Waals surface area contributed by atoms with E-state index in [9.17, 15) is 14.7 Å². The number of anilines is 2. The Morgan fingerprint density at radius 2 is 2.10 bits per heavy atom. The number of carbonyl (C=O) groups excluding carboxylic acids is 2. The number of thiophene rings is 1. The highest BCUT2D eigenvalue weighted by atomic mass is 32.1. The topological polar surface area (TPSA) is 95.7 Å². The Kier molecular flexibility index (Phi) is 3.62. The Hall–Kier alpha value is -1.60. The highest BCUT2D eigenvalue weighted by Crippen LogP contribution is 2.43. The Bertz CT molecular complexity index is 595. The molecule has 1 aromatic heterocycles. The summed E-state index contributed by atoms with van der Waals surface area (Å²) in [6.45, 7) is 1.14. The fourth-order valence-corrected chi connectivity index (χ4v) is 3.91. The summed E-state index contributed by atoms with van der Waals surface area (Å²) in [7, 11) is 1.55. The highest BCUT2D eigenvalue weighted by Gasteiger charge is 2.36. The van der Waals surface area contributed by atoms with Crippen LogP contribution in [0.5, 0.6) is 0 Å². The van der Waals surface area contributed by atoms with Crippen molar-refractivity contribution in [3.63, 3.8) is 0 Å². The van der Waals surface area contributed by atoms with Gasteiger partial charge in [0, 0.05) is 26.1 Å². The number of rotatable bonds is 4. The van der Waals surface area contributed by atoms with Gasteiger partial charge < -0.3 is 21.1 Å². The number of ketones is 1. The Balaban J connectivity index is 2.02. The molecule has 1 aliphatic carbocycles. The van der Waals surface area contributed by atoms with Crippen molar-refractivity contribution < 1.29 is 14.7 Å². The predicted molar refractivity (Wildman–Crippen MR) is 82.0 cm³/mol. The molecule has 0 spiro atoms. The number of Topliss-reactive ketones (excluding diaryl/α,β-unsaturated/α-hetero) is 1. The average molecular weight is 309 g/mol. The van der Waals surface area contributed by atoms with Crippen LogP contribution in [0.3, 0.4) is 0 Å². The molecule has 0 radical (unpaired) electrons. The molecule has 1 atom stereocenters. The van der Waals surface area contributed by atoms with Gasteiger partial charge >= 0.3 is 0 Å². The van der Waals surface area contributed by atoms with Gasteiger partial charge in [0.1, 0.15) is 5.00 Å². The number of β-amino-alcohol motifs (C(OH)–C–C–N with tert-alkyl or cyclic N) is 1. The molecule has 0 aromatic carbocycles. The second kappa shape index (κ2) is 5.31. The van der Waals surface area contributed by atoms with Crippen LogP contribution in [0.25, 0.3) is 0 Å². The van der Waals surface area contributed by atoms with Gasteiger partial charge in [0.15, 0.2) is 5.78 Å². The maximum Gasteiger partial charge on any atom is 0.256 e. The number of nitrogens with zero attached hydrogens (tertiary/aromatic N) is 1. The zero-order valence-electron chi connectivity index (χ0n) is 11.9. The quantitative estimate of drug-likeness (QED) is 0.717. The standard InChI is InChI=1S/C14H19N3O3S/c1-16-13(20)9-10(15)12(11(19)7-2-3-7)21-14(9)17-5-4-8(18)6-17/h7-8,18H,2-6,15H2,1H3,(H,16,20). The lowest BCUT2D eigenvalue weighted by Gasteiger charge is -2.17. The fraction of sp³-hybridized carbons (Fsp3) is 0.571. The van der Waals surface area contributed by atoms with Gasteiger partial charge in [-0.25, -0.2) is 0 Å². The third kappa shape index (κ3) is 2.51. The van der Waals surface area contributed by atoms with Crippen LogP contribution in [0.15, 0.2) is 0 Å². The van der Waals surface area contributed by atoms with Crippen molar-refractivity contribution in [2.24, 2.45) is 5.92 Å². The molecule has 2 fully saturated rings. The van der Waals surface area contributed by atoms with E-state index in [1.807, 2.05) is 4.90 Å². The van der Waals surface area contributed by atoms with Crippen molar-refractivity contribution in [2.45, 2.75) is 25.4 Å². The van der Waals surface area contributed by atoms with E-state index >= 15 is 0 Å². The number of aliphatic hydroxyl groups is 1. The van der Waals surface area contributed by atoms with Crippen LogP contribution in [0, 0.1) is 5.92 Å². The van der Waals surface area contributed by atoms with E-state index in [1.165, 1.54) is 11.3 Å². The first kappa shape index (κ1) is 14.3. The number of aliphatic hydroxyl groups excluding tert-OH is 1. The molecule has 2 heterocycles. The maximum absolute atomic E-state index is 12.3. The van der Waals surface area contributed by atoms with Crippen LogP contribution in [0.2, 0.25) is 0 Å². The molecule has 0 bridgehead atoms. The minimum atomic E-state index is -0.395. The van der Waals surface area contributed by atoms with Crippen molar-refractivity contribution in [1.82, 2.24) is 5.32 Å². The molecule has 4 N–H and O–H groups in total. The minimum Gasteiger partial charge on any atom is -0.397 e. The van der Waals surface area contributed by atoms with Gasteiger partial charge in [0.2, 0.25) is 0 Å². The molecule has 1 saturated carbocycles. The molecular formula is C14H19N3O3S. The lowest BCUT2D eigenvalue weighted by Crippen LogP contribution is -2.25. The van der Waals surface area contributed by atoms with Gasteiger partial charge in [0.25, 0.3) is 5.91 Å². The predicted octanol–water partition coefficient (Wildman–Crippen LogP) is 0.854. The largest absolute Gasteiger partial charge is 0.397 e. The van der Waals surface area contributed by atoms with Crippen LogP contribution in [0.4, 0.5) is 10.7 Å². The van der Waals surface area contributed by atoms with Crippen LogP contribution < -0.4 is 16.0 Å². The van der Waals surface area contributed by atoms with Crippen LogP contribution in [-0.2, 0) is 0 Å². The monoisotopic (exact) mass is 309 g/mol. The zero-order valence-corrected chi connectivity index (χ0v) is 12.7. The second-order valence-electron chi connectivity index (χ2n) is 5.63. The zero-order chi connectivity index (χ0) is 15.1. The number of nitrogens with one attached hydrogen (secondary N) is 1. The molecule has 1 saturated heterocycles. The van der Waals surface area contributed by atoms with Crippen LogP contribution >= 0.6 is 11.3 Å². The summed E-state index contributed by atoms with van der Waals surface area (Å²) in [6, 6.07) is 0. The van der Waals surface area contributed by atoms with E-state index in [1.54, 1.807) is 7.05 Å². The molecular weight excluding hydrogens is 290 g/mol. The summed E-state index contributed by atoms with van der Waals surface area (Å²) in [5.41, 5.74) is 6.75. The molecule has 1 unspecified atom stereocenters.